The van der Waals surface area contributed by atoms with Gasteiger partial charge in [0.1, 0.15) is 17.1 Å². The molecule has 0 atom stereocenters. The van der Waals surface area contributed by atoms with E-state index in [1.165, 1.54) is 12.1 Å². The van der Waals surface area contributed by atoms with E-state index in [0.717, 1.165) is 36.4 Å². The van der Waals surface area contributed by atoms with Gasteiger partial charge >= 0.3 is 17.9 Å². The van der Waals surface area contributed by atoms with Crippen LogP contribution in [0.15, 0.2) is 48.5 Å². The van der Waals surface area contributed by atoms with Crippen LogP contribution in [0.25, 0.3) is 22.3 Å². The van der Waals surface area contributed by atoms with E-state index in [1.807, 2.05) is 0 Å². The Bertz CT molecular complexity index is 1260. The first-order chi connectivity index (χ1) is 15.0. The summed E-state index contributed by atoms with van der Waals surface area (Å²) in [6.45, 7) is 0. The minimum atomic E-state index is -1.97. The molecule has 32 heavy (non-hydrogen) atoms. The van der Waals surface area contributed by atoms with Crippen LogP contribution in [0, 0.1) is 0 Å². The van der Waals surface area contributed by atoms with Crippen molar-refractivity contribution in [3.8, 4) is 33.8 Å². The maximum Gasteiger partial charge on any atom is 0.339 e. The van der Waals surface area contributed by atoms with E-state index in [0.29, 0.717) is 0 Å². The van der Waals surface area contributed by atoms with E-state index < -0.39 is 41.3 Å². The monoisotopic (exact) mass is 440 g/mol. The highest BCUT2D eigenvalue weighted by Gasteiger charge is 2.22. The van der Waals surface area contributed by atoms with E-state index in [1.54, 1.807) is 0 Å². The second kappa shape index (κ2) is 8.38. The average molecular weight is 440 g/mol. The lowest BCUT2D eigenvalue weighted by molar-refractivity contribution is -0.0438. The van der Waals surface area contributed by atoms with Gasteiger partial charge in [-0.15, -0.1) is 0 Å². The van der Waals surface area contributed by atoms with Crippen LogP contribution in [0.4, 0.5) is 0 Å². The second-order valence-electron chi connectivity index (χ2n) is 6.74. The summed E-state index contributed by atoms with van der Waals surface area (Å²) < 4.78 is 0. The lowest BCUT2D eigenvalue weighted by Crippen LogP contribution is -2.07. The maximum absolute atomic E-state index is 11.9. The van der Waals surface area contributed by atoms with Crippen molar-refractivity contribution in [3.05, 3.63) is 70.8 Å². The lowest BCUT2D eigenvalue weighted by Gasteiger charge is -2.15. The van der Waals surface area contributed by atoms with Gasteiger partial charge in [0.15, 0.2) is 6.29 Å². The van der Waals surface area contributed by atoms with Crippen molar-refractivity contribution in [2.75, 3.05) is 0 Å². The third kappa shape index (κ3) is 4.08. The first-order valence-electron chi connectivity index (χ1n) is 8.92. The van der Waals surface area contributed by atoms with Crippen LogP contribution in [-0.2, 0) is 0 Å². The highest BCUT2D eigenvalue weighted by Crippen LogP contribution is 2.37. The first-order valence-corrected chi connectivity index (χ1v) is 8.92. The average Bonchev–Trinajstić information content (AvgIpc) is 2.71. The molecule has 0 saturated heterocycles. The molecule has 7 N–H and O–H groups in total. The fourth-order valence-electron chi connectivity index (χ4n) is 3.24. The van der Waals surface area contributed by atoms with Gasteiger partial charge < -0.3 is 35.7 Å². The van der Waals surface area contributed by atoms with Crippen molar-refractivity contribution in [3.63, 3.8) is 0 Å². The number of carbonyl (C=O) groups is 3. The van der Waals surface area contributed by atoms with Gasteiger partial charge in [-0.3, -0.25) is 0 Å². The summed E-state index contributed by atoms with van der Waals surface area (Å²) in [6.07, 6.45) is -1.97. The van der Waals surface area contributed by atoms with Crippen molar-refractivity contribution < 1.29 is 50.1 Å². The molecule has 164 valence electrons. The highest BCUT2D eigenvalue weighted by atomic mass is 16.5. The van der Waals surface area contributed by atoms with Gasteiger partial charge in [-0.2, -0.15) is 0 Å². The number of carboxylic acid groups (broad SMARTS) is 3. The minimum absolute atomic E-state index is 0.0700. The molecular weight excluding hydrogens is 424 g/mol. The normalized spacial score (nSPS) is 10.8. The van der Waals surface area contributed by atoms with E-state index in [9.17, 15) is 45.0 Å². The second-order valence-corrected chi connectivity index (χ2v) is 6.74. The lowest BCUT2D eigenvalue weighted by atomic mass is 9.89. The molecule has 0 aliphatic carbocycles. The van der Waals surface area contributed by atoms with Crippen LogP contribution in [0.2, 0.25) is 0 Å². The van der Waals surface area contributed by atoms with Gasteiger partial charge in [0.25, 0.3) is 0 Å². The predicted octanol–water partition coefficient (Wildman–Crippen LogP) is 2.51. The Morgan fingerprint density at radius 2 is 1.03 bits per heavy atom. The van der Waals surface area contributed by atoms with Crippen molar-refractivity contribution in [1.29, 1.82) is 0 Å². The Hall–Kier alpha value is -4.41. The number of benzene rings is 3. The van der Waals surface area contributed by atoms with Crippen molar-refractivity contribution in [2.24, 2.45) is 0 Å². The van der Waals surface area contributed by atoms with E-state index in [4.69, 9.17) is 5.11 Å². The molecule has 0 aromatic heterocycles. The van der Waals surface area contributed by atoms with Crippen LogP contribution in [0.5, 0.6) is 11.5 Å². The zero-order valence-electron chi connectivity index (χ0n) is 16.1. The van der Waals surface area contributed by atoms with Crippen LogP contribution in [0.3, 0.4) is 0 Å². The SMILES string of the molecule is O=C(O)c1ccc(-c2cc(C(=O)O)c(-c3ccc(C(O)O)c(O)c3)cc2C(=O)O)cc1O. The molecule has 0 radical (unpaired) electrons. The molecule has 0 saturated carbocycles. The number of aliphatic hydroxyl groups excluding tert-OH is 1. The predicted molar refractivity (Wildman–Crippen MR) is 109 cm³/mol. The summed E-state index contributed by atoms with van der Waals surface area (Å²) in [5.74, 6) is -5.41. The smallest absolute Gasteiger partial charge is 0.339 e. The Morgan fingerprint density at radius 3 is 1.41 bits per heavy atom. The van der Waals surface area contributed by atoms with E-state index >= 15 is 0 Å². The summed E-state index contributed by atoms with van der Waals surface area (Å²) >= 11 is 0. The minimum Gasteiger partial charge on any atom is -0.507 e. The molecule has 3 aromatic carbocycles. The van der Waals surface area contributed by atoms with Gasteiger partial charge in [-0.1, -0.05) is 12.1 Å². The molecule has 10 nitrogen and oxygen atoms in total. The van der Waals surface area contributed by atoms with E-state index in [-0.39, 0.29) is 38.9 Å². The van der Waals surface area contributed by atoms with Gasteiger partial charge in [0.2, 0.25) is 0 Å². The van der Waals surface area contributed by atoms with Crippen molar-refractivity contribution in [1.82, 2.24) is 0 Å². The first kappa shape index (κ1) is 22.3. The fraction of sp³-hybridized carbons (Fsp3) is 0.0455. The molecular formula is C22H16O10. The fourth-order valence-corrected chi connectivity index (χ4v) is 3.24. The van der Waals surface area contributed by atoms with Crippen LogP contribution in [-0.4, -0.2) is 53.7 Å². The molecule has 3 aromatic rings. The summed E-state index contributed by atoms with van der Waals surface area (Å²) in [4.78, 5) is 34.9. The molecule has 3 rings (SSSR count). The van der Waals surface area contributed by atoms with Gasteiger partial charge in [-0.25, -0.2) is 14.4 Å². The highest BCUT2D eigenvalue weighted by molar-refractivity contribution is 6.04. The number of phenols is 2. The Labute approximate surface area is 179 Å². The topological polar surface area (TPSA) is 193 Å². The molecule has 10 heteroatoms. The van der Waals surface area contributed by atoms with Crippen molar-refractivity contribution >= 4 is 17.9 Å². The summed E-state index contributed by atoms with van der Waals surface area (Å²) in [7, 11) is 0. The Kier molecular flexibility index (Phi) is 5.83. The zero-order chi connectivity index (χ0) is 23.7. The Morgan fingerprint density at radius 1 is 0.594 bits per heavy atom. The molecule has 0 heterocycles. The van der Waals surface area contributed by atoms with Gasteiger partial charge in [0, 0.05) is 5.56 Å². The molecule has 0 amide bonds. The zero-order valence-corrected chi connectivity index (χ0v) is 16.1. The number of aromatic hydroxyl groups is 2. The summed E-state index contributed by atoms with van der Waals surface area (Å²) in [5.41, 5.74) is -1.32. The van der Waals surface area contributed by atoms with Crippen LogP contribution >= 0.6 is 0 Å². The summed E-state index contributed by atoms with van der Waals surface area (Å²) in [6, 6.07) is 8.93. The quantitative estimate of drug-likeness (QED) is 0.280. The number of carboxylic acids is 3. The number of aromatic carboxylic acids is 3. The van der Waals surface area contributed by atoms with E-state index in [2.05, 4.69) is 0 Å². The Balaban J connectivity index is 2.27. The standard InChI is InChI=1S/C22H16O10/c23-17-5-9(1-3-11(17)19(25)26)13-7-16(22(31)32)14(8-15(13)21(29)30)10-2-4-12(20(27)28)18(24)6-10/h1-8,19,23-26H,(H,27,28)(H,29,30)(H,31,32). The van der Waals surface area contributed by atoms with Crippen molar-refractivity contribution in [2.45, 2.75) is 6.29 Å². The molecule has 0 unspecified atom stereocenters. The molecule has 0 bridgehead atoms. The number of phenolic OH excluding ortho intramolecular Hbond substituents is 1. The van der Waals surface area contributed by atoms with Gasteiger partial charge in [0.05, 0.1) is 11.1 Å². The van der Waals surface area contributed by atoms with Crippen LogP contribution < -0.4 is 0 Å². The molecule has 0 fully saturated rings. The maximum atomic E-state index is 11.9. The number of aliphatic hydroxyl groups is 2. The number of rotatable bonds is 6. The third-order valence-electron chi connectivity index (χ3n) is 4.78. The molecule has 0 aliphatic rings. The molecule has 0 spiro atoms. The number of hydrogen-bond donors (Lipinski definition) is 7. The van der Waals surface area contributed by atoms with Crippen LogP contribution in [0.1, 0.15) is 42.9 Å². The van der Waals surface area contributed by atoms with Gasteiger partial charge in [-0.05, 0) is 58.7 Å². The summed E-state index contributed by atoms with van der Waals surface area (Å²) in [5, 5.41) is 66.8. The largest absolute Gasteiger partial charge is 0.507 e. The molecule has 0 aliphatic heterocycles. The third-order valence-corrected chi connectivity index (χ3v) is 4.78. The number of hydrogen-bond acceptors (Lipinski definition) is 7.